The van der Waals surface area contributed by atoms with Gasteiger partial charge in [0.05, 0.1) is 12.4 Å². The minimum atomic E-state index is 0.718. The van der Waals surface area contributed by atoms with Gasteiger partial charge in [-0.2, -0.15) is 0 Å². The van der Waals surface area contributed by atoms with Gasteiger partial charge in [0.15, 0.2) is 0 Å². The van der Waals surface area contributed by atoms with Crippen molar-refractivity contribution < 1.29 is 0 Å². The molecule has 0 saturated carbocycles. The zero-order valence-corrected chi connectivity index (χ0v) is 18.8. The molecule has 0 spiro atoms. The molecule has 0 aromatic rings. The van der Waals surface area contributed by atoms with Crippen molar-refractivity contribution in [3.8, 4) is 0 Å². The lowest BCUT2D eigenvalue weighted by atomic mass is 10.1. The molecule has 0 atom stereocenters. The molecule has 1 aliphatic heterocycles. The monoisotopic (exact) mass is 392 g/mol. The molecule has 0 unspecified atom stereocenters. The summed E-state index contributed by atoms with van der Waals surface area (Å²) in [6.45, 7) is 8.09. The van der Waals surface area contributed by atoms with Crippen LogP contribution in [0, 0.1) is 0 Å². The fraction of sp³-hybridized carbons (Fsp3) is 0.875. The summed E-state index contributed by atoms with van der Waals surface area (Å²) in [4.78, 5) is 7.16. The van der Waals surface area contributed by atoms with Crippen LogP contribution in [0.15, 0.2) is 17.1 Å². The third-order valence-corrected chi connectivity index (χ3v) is 5.57. The summed E-state index contributed by atoms with van der Waals surface area (Å²) in [6.07, 6.45) is 23.7. The highest BCUT2D eigenvalue weighted by Gasteiger charge is 2.15. The fourth-order valence-corrected chi connectivity index (χ4v) is 3.80. The van der Waals surface area contributed by atoms with Gasteiger partial charge in [0.1, 0.15) is 0 Å². The molecule has 0 aromatic heterocycles. The van der Waals surface area contributed by atoms with Crippen molar-refractivity contribution >= 4 is 5.84 Å². The van der Waals surface area contributed by atoms with Gasteiger partial charge in [0.2, 0.25) is 0 Å². The van der Waals surface area contributed by atoms with Crippen LogP contribution in [0.2, 0.25) is 0 Å². The molecule has 0 radical (unpaired) electrons. The Morgan fingerprint density at radius 1 is 0.893 bits per heavy atom. The van der Waals surface area contributed by atoms with E-state index in [0.29, 0.717) is 0 Å². The lowest BCUT2D eigenvalue weighted by Crippen LogP contribution is -2.36. The Labute approximate surface area is 175 Å². The number of rotatable bonds is 20. The van der Waals surface area contributed by atoms with E-state index in [1.54, 1.807) is 0 Å². The van der Waals surface area contributed by atoms with Gasteiger partial charge in [-0.15, -0.1) is 0 Å². The molecule has 28 heavy (non-hydrogen) atoms. The van der Waals surface area contributed by atoms with Crippen molar-refractivity contribution in [1.82, 2.24) is 10.2 Å². The summed E-state index contributed by atoms with van der Waals surface area (Å²) < 4.78 is 0. The van der Waals surface area contributed by atoms with E-state index < -0.39 is 0 Å². The Morgan fingerprint density at radius 3 is 2.21 bits per heavy atom. The number of nitrogens with one attached hydrogen (secondary N) is 1. The third kappa shape index (κ3) is 14.2. The molecule has 4 heteroatoms. The fourth-order valence-electron chi connectivity index (χ4n) is 3.80. The predicted octanol–water partition coefficient (Wildman–Crippen LogP) is 5.29. The number of hydrogen-bond acceptors (Lipinski definition) is 4. The third-order valence-electron chi connectivity index (χ3n) is 5.57. The van der Waals surface area contributed by atoms with Crippen LogP contribution in [-0.4, -0.2) is 50.0 Å². The molecule has 0 saturated heterocycles. The first-order valence-corrected chi connectivity index (χ1v) is 12.2. The molecular formula is C24H48N4. The SMILES string of the molecule is CCCCCCCC/C=C/CCCCCCCC1=NCCN1CCNCCN. The van der Waals surface area contributed by atoms with Crippen LogP contribution in [-0.2, 0) is 0 Å². The van der Waals surface area contributed by atoms with Gasteiger partial charge < -0.3 is 16.0 Å². The molecule has 1 rings (SSSR count). The highest BCUT2D eigenvalue weighted by molar-refractivity contribution is 5.83. The normalized spacial score (nSPS) is 14.4. The van der Waals surface area contributed by atoms with E-state index in [1.807, 2.05) is 0 Å². The second kappa shape index (κ2) is 19.4. The average Bonchev–Trinajstić information content (AvgIpc) is 3.15. The van der Waals surface area contributed by atoms with Crippen LogP contribution in [0.3, 0.4) is 0 Å². The summed E-state index contributed by atoms with van der Waals surface area (Å²) in [5.74, 6) is 1.34. The Morgan fingerprint density at radius 2 is 1.54 bits per heavy atom. The number of hydrogen-bond donors (Lipinski definition) is 2. The second-order valence-electron chi connectivity index (χ2n) is 8.16. The quantitative estimate of drug-likeness (QED) is 0.219. The Bertz CT molecular complexity index is 392. The van der Waals surface area contributed by atoms with Gasteiger partial charge in [-0.25, -0.2) is 0 Å². The zero-order chi connectivity index (χ0) is 20.1. The molecule has 1 aliphatic rings. The Hall–Kier alpha value is -0.870. The molecule has 164 valence electrons. The average molecular weight is 393 g/mol. The maximum Gasteiger partial charge on any atom is 0.0990 e. The van der Waals surface area contributed by atoms with E-state index >= 15 is 0 Å². The maximum absolute atomic E-state index is 5.52. The number of nitrogens with two attached hydrogens (primary N) is 1. The van der Waals surface area contributed by atoms with Crippen LogP contribution >= 0.6 is 0 Å². The largest absolute Gasteiger partial charge is 0.357 e. The lowest BCUT2D eigenvalue weighted by molar-refractivity contribution is 0.435. The molecule has 0 fully saturated rings. The van der Waals surface area contributed by atoms with E-state index in [1.165, 1.54) is 89.3 Å². The minimum absolute atomic E-state index is 0.718. The number of amidine groups is 1. The summed E-state index contributed by atoms with van der Waals surface area (Å²) in [5, 5.41) is 3.38. The first kappa shape index (κ1) is 25.2. The van der Waals surface area contributed by atoms with Crippen molar-refractivity contribution in [2.75, 3.05) is 39.3 Å². The van der Waals surface area contributed by atoms with Gasteiger partial charge in [0.25, 0.3) is 0 Å². The topological polar surface area (TPSA) is 53.6 Å². The number of nitrogens with zero attached hydrogens (tertiary/aromatic N) is 2. The van der Waals surface area contributed by atoms with E-state index in [2.05, 4.69) is 29.3 Å². The molecular weight excluding hydrogens is 344 g/mol. The van der Waals surface area contributed by atoms with E-state index in [-0.39, 0.29) is 0 Å². The standard InChI is InChI=1S/C24H48N4/c1-2-3-4-5-6-7-8-9-10-11-12-13-14-15-16-17-24-27-21-23-28(24)22-20-26-19-18-25/h9-10,26H,2-8,11-23,25H2,1H3/b10-9+. The summed E-state index contributed by atoms with van der Waals surface area (Å²) >= 11 is 0. The van der Waals surface area contributed by atoms with Gasteiger partial charge in [0, 0.05) is 39.1 Å². The smallest absolute Gasteiger partial charge is 0.0990 e. The second-order valence-corrected chi connectivity index (χ2v) is 8.16. The van der Waals surface area contributed by atoms with Gasteiger partial charge in [-0.1, -0.05) is 70.4 Å². The van der Waals surface area contributed by atoms with Crippen molar-refractivity contribution in [3.05, 3.63) is 12.2 Å². The first-order valence-electron chi connectivity index (χ1n) is 12.2. The summed E-state index contributed by atoms with van der Waals surface area (Å²) in [5.41, 5.74) is 5.52. The van der Waals surface area contributed by atoms with Gasteiger partial charge >= 0.3 is 0 Å². The number of unbranched alkanes of at least 4 members (excludes halogenated alkanes) is 11. The Kier molecular flexibility index (Phi) is 17.5. The van der Waals surface area contributed by atoms with E-state index in [4.69, 9.17) is 10.7 Å². The molecule has 4 nitrogen and oxygen atoms in total. The molecule has 0 amide bonds. The predicted molar refractivity (Wildman–Crippen MR) is 125 cm³/mol. The highest BCUT2D eigenvalue weighted by Crippen LogP contribution is 2.12. The molecule has 3 N–H and O–H groups in total. The van der Waals surface area contributed by atoms with Gasteiger partial charge in [-0.05, 0) is 32.1 Å². The van der Waals surface area contributed by atoms with Crippen LogP contribution in [0.5, 0.6) is 0 Å². The van der Waals surface area contributed by atoms with Crippen LogP contribution in [0.1, 0.15) is 96.8 Å². The Balaban J connectivity index is 1.86. The maximum atomic E-state index is 5.52. The first-order chi connectivity index (χ1) is 13.9. The zero-order valence-electron chi connectivity index (χ0n) is 18.8. The molecule has 0 aliphatic carbocycles. The number of allylic oxidation sites excluding steroid dienone is 2. The molecule has 0 bridgehead atoms. The van der Waals surface area contributed by atoms with Crippen LogP contribution in [0.25, 0.3) is 0 Å². The van der Waals surface area contributed by atoms with Crippen molar-refractivity contribution in [2.24, 2.45) is 10.7 Å². The van der Waals surface area contributed by atoms with E-state index in [0.717, 1.165) is 45.7 Å². The summed E-state index contributed by atoms with van der Waals surface area (Å²) in [7, 11) is 0. The molecule has 1 heterocycles. The summed E-state index contributed by atoms with van der Waals surface area (Å²) in [6, 6.07) is 0. The van der Waals surface area contributed by atoms with E-state index in [9.17, 15) is 0 Å². The number of aliphatic imine (C=N–C) groups is 1. The van der Waals surface area contributed by atoms with Crippen molar-refractivity contribution in [2.45, 2.75) is 96.8 Å². The minimum Gasteiger partial charge on any atom is -0.357 e. The highest BCUT2D eigenvalue weighted by atomic mass is 15.2. The van der Waals surface area contributed by atoms with Gasteiger partial charge in [-0.3, -0.25) is 4.99 Å². The van der Waals surface area contributed by atoms with Crippen molar-refractivity contribution in [1.29, 1.82) is 0 Å². The van der Waals surface area contributed by atoms with Crippen LogP contribution < -0.4 is 11.1 Å². The lowest BCUT2D eigenvalue weighted by Gasteiger charge is -2.20. The van der Waals surface area contributed by atoms with Crippen LogP contribution in [0.4, 0.5) is 0 Å². The van der Waals surface area contributed by atoms with Crippen molar-refractivity contribution in [3.63, 3.8) is 0 Å². The molecule has 0 aromatic carbocycles.